The molecule has 1 N–H and O–H groups in total. The second-order valence-corrected chi connectivity index (χ2v) is 2.55. The number of aliphatic hydroxyl groups is 1. The summed E-state index contributed by atoms with van der Waals surface area (Å²) in [5.74, 6) is 0. The molecular formula is C9H18O. The molecule has 0 aromatic carbocycles. The molecule has 1 heteroatoms. The molecule has 10 heavy (non-hydrogen) atoms. The summed E-state index contributed by atoms with van der Waals surface area (Å²) in [4.78, 5) is 0. The van der Waals surface area contributed by atoms with E-state index in [1.165, 1.54) is 12.8 Å². The van der Waals surface area contributed by atoms with E-state index >= 15 is 0 Å². The summed E-state index contributed by atoms with van der Waals surface area (Å²) in [6.45, 7) is 4.15. The molecule has 0 aliphatic carbocycles. The predicted molar refractivity (Wildman–Crippen MR) is 45.0 cm³/mol. The molecular weight excluding hydrogens is 124 g/mol. The largest absolute Gasteiger partial charge is 0.389 e. The highest BCUT2D eigenvalue weighted by Gasteiger charge is 1.90. The summed E-state index contributed by atoms with van der Waals surface area (Å²) in [7, 11) is 0. The molecule has 0 amide bonds. The molecule has 0 aliphatic heterocycles. The Morgan fingerprint density at radius 3 is 2.60 bits per heavy atom. The van der Waals surface area contributed by atoms with Crippen molar-refractivity contribution in [2.75, 3.05) is 0 Å². The maximum atomic E-state index is 9.07. The molecule has 0 fully saturated rings. The Morgan fingerprint density at radius 1 is 1.40 bits per heavy atom. The first-order valence-corrected chi connectivity index (χ1v) is 4.16. The van der Waals surface area contributed by atoms with Crippen LogP contribution in [0.2, 0.25) is 0 Å². The van der Waals surface area contributed by atoms with E-state index in [4.69, 9.17) is 5.11 Å². The van der Waals surface area contributed by atoms with Crippen LogP contribution in [0.5, 0.6) is 0 Å². The highest BCUT2D eigenvalue weighted by molar-refractivity contribution is 4.87. The first-order chi connectivity index (χ1) is 4.81. The van der Waals surface area contributed by atoms with Crippen LogP contribution in [0.15, 0.2) is 12.2 Å². The van der Waals surface area contributed by atoms with Gasteiger partial charge in [0.1, 0.15) is 0 Å². The SMILES string of the molecule is CCCCC=C[C@@H](O)CC. The molecule has 0 heterocycles. The third kappa shape index (κ3) is 5.83. The van der Waals surface area contributed by atoms with Crippen molar-refractivity contribution in [2.45, 2.75) is 45.6 Å². The van der Waals surface area contributed by atoms with Gasteiger partial charge in [-0.05, 0) is 12.8 Å². The summed E-state index contributed by atoms with van der Waals surface area (Å²) in [5.41, 5.74) is 0. The smallest absolute Gasteiger partial charge is 0.0718 e. The highest BCUT2D eigenvalue weighted by atomic mass is 16.3. The van der Waals surface area contributed by atoms with Crippen molar-refractivity contribution in [2.24, 2.45) is 0 Å². The second-order valence-electron chi connectivity index (χ2n) is 2.55. The summed E-state index contributed by atoms with van der Waals surface area (Å²) in [6, 6.07) is 0. The van der Waals surface area contributed by atoms with Crippen LogP contribution < -0.4 is 0 Å². The topological polar surface area (TPSA) is 20.2 Å². The number of hydrogen-bond acceptors (Lipinski definition) is 1. The number of aliphatic hydroxyl groups excluding tert-OH is 1. The van der Waals surface area contributed by atoms with E-state index in [0.29, 0.717) is 0 Å². The van der Waals surface area contributed by atoms with E-state index in [-0.39, 0.29) is 6.10 Å². The zero-order valence-electron chi connectivity index (χ0n) is 7.01. The summed E-state index contributed by atoms with van der Waals surface area (Å²) in [6.07, 6.45) is 8.11. The first kappa shape index (κ1) is 9.70. The Hall–Kier alpha value is -0.300. The third-order valence-corrected chi connectivity index (χ3v) is 1.50. The normalized spacial score (nSPS) is 14.3. The molecule has 0 rings (SSSR count). The highest BCUT2D eigenvalue weighted by Crippen LogP contribution is 1.98. The number of rotatable bonds is 5. The monoisotopic (exact) mass is 142 g/mol. The van der Waals surface area contributed by atoms with Gasteiger partial charge < -0.3 is 5.11 Å². The number of unbranched alkanes of at least 4 members (excludes halogenated alkanes) is 2. The summed E-state index contributed by atoms with van der Waals surface area (Å²) < 4.78 is 0. The molecule has 0 spiro atoms. The molecule has 0 bridgehead atoms. The lowest BCUT2D eigenvalue weighted by atomic mass is 10.2. The van der Waals surface area contributed by atoms with Crippen LogP contribution in [0.1, 0.15) is 39.5 Å². The van der Waals surface area contributed by atoms with E-state index in [0.717, 1.165) is 12.8 Å². The van der Waals surface area contributed by atoms with E-state index in [1.54, 1.807) is 0 Å². The van der Waals surface area contributed by atoms with Crippen LogP contribution >= 0.6 is 0 Å². The maximum Gasteiger partial charge on any atom is 0.0718 e. The van der Waals surface area contributed by atoms with Crippen LogP contribution in [0.25, 0.3) is 0 Å². The Labute approximate surface area is 63.8 Å². The van der Waals surface area contributed by atoms with E-state index in [9.17, 15) is 0 Å². The van der Waals surface area contributed by atoms with E-state index < -0.39 is 0 Å². The molecule has 0 aromatic rings. The van der Waals surface area contributed by atoms with Gasteiger partial charge in [0.2, 0.25) is 0 Å². The standard InChI is InChI=1S/C9H18O/c1-3-5-6-7-8-9(10)4-2/h7-10H,3-6H2,1-2H3/t9-/m0/s1. The third-order valence-electron chi connectivity index (χ3n) is 1.50. The fourth-order valence-electron chi connectivity index (χ4n) is 0.711. The van der Waals surface area contributed by atoms with Crippen molar-refractivity contribution >= 4 is 0 Å². The summed E-state index contributed by atoms with van der Waals surface area (Å²) >= 11 is 0. The van der Waals surface area contributed by atoms with Gasteiger partial charge in [-0.1, -0.05) is 38.8 Å². The number of allylic oxidation sites excluding steroid dienone is 1. The Kier molecular flexibility index (Phi) is 6.61. The minimum absolute atomic E-state index is 0.225. The Balaban J connectivity index is 3.18. The molecule has 60 valence electrons. The van der Waals surface area contributed by atoms with Gasteiger partial charge in [0.15, 0.2) is 0 Å². The molecule has 0 saturated heterocycles. The fourth-order valence-corrected chi connectivity index (χ4v) is 0.711. The van der Waals surface area contributed by atoms with Gasteiger partial charge in [-0.15, -0.1) is 0 Å². The number of hydrogen-bond donors (Lipinski definition) is 1. The van der Waals surface area contributed by atoms with Gasteiger partial charge in [-0.2, -0.15) is 0 Å². The minimum atomic E-state index is -0.225. The molecule has 1 atom stereocenters. The molecule has 0 aromatic heterocycles. The summed E-state index contributed by atoms with van der Waals surface area (Å²) in [5, 5.41) is 9.07. The van der Waals surface area contributed by atoms with E-state index in [2.05, 4.69) is 13.0 Å². The molecule has 1 nitrogen and oxygen atoms in total. The zero-order chi connectivity index (χ0) is 7.82. The van der Waals surface area contributed by atoms with Crippen molar-refractivity contribution in [3.8, 4) is 0 Å². The van der Waals surface area contributed by atoms with Crippen molar-refractivity contribution in [1.82, 2.24) is 0 Å². The average Bonchev–Trinajstić information content (AvgIpc) is 1.98. The van der Waals surface area contributed by atoms with Crippen molar-refractivity contribution in [1.29, 1.82) is 0 Å². The first-order valence-electron chi connectivity index (χ1n) is 4.16. The fraction of sp³-hybridized carbons (Fsp3) is 0.778. The lowest BCUT2D eigenvalue weighted by Crippen LogP contribution is -1.97. The molecule has 0 aliphatic rings. The molecule has 0 radical (unpaired) electrons. The van der Waals surface area contributed by atoms with Gasteiger partial charge in [-0.3, -0.25) is 0 Å². The van der Waals surface area contributed by atoms with Crippen LogP contribution in [-0.2, 0) is 0 Å². The van der Waals surface area contributed by atoms with Crippen LogP contribution in [0.4, 0.5) is 0 Å². The average molecular weight is 142 g/mol. The minimum Gasteiger partial charge on any atom is -0.389 e. The Morgan fingerprint density at radius 2 is 2.10 bits per heavy atom. The van der Waals surface area contributed by atoms with Crippen molar-refractivity contribution in [3.63, 3.8) is 0 Å². The van der Waals surface area contributed by atoms with Crippen LogP contribution in [0, 0.1) is 0 Å². The van der Waals surface area contributed by atoms with Crippen molar-refractivity contribution in [3.05, 3.63) is 12.2 Å². The molecule has 0 saturated carbocycles. The van der Waals surface area contributed by atoms with Crippen LogP contribution in [-0.4, -0.2) is 11.2 Å². The zero-order valence-corrected chi connectivity index (χ0v) is 7.01. The van der Waals surface area contributed by atoms with Gasteiger partial charge in [0.05, 0.1) is 6.10 Å². The van der Waals surface area contributed by atoms with Crippen LogP contribution in [0.3, 0.4) is 0 Å². The van der Waals surface area contributed by atoms with Gasteiger partial charge in [-0.25, -0.2) is 0 Å². The van der Waals surface area contributed by atoms with Gasteiger partial charge >= 0.3 is 0 Å². The predicted octanol–water partition coefficient (Wildman–Crippen LogP) is 2.50. The van der Waals surface area contributed by atoms with Gasteiger partial charge in [0.25, 0.3) is 0 Å². The molecule has 0 unspecified atom stereocenters. The van der Waals surface area contributed by atoms with Crippen molar-refractivity contribution < 1.29 is 5.11 Å². The quantitative estimate of drug-likeness (QED) is 0.462. The lowest BCUT2D eigenvalue weighted by Gasteiger charge is -1.97. The lowest BCUT2D eigenvalue weighted by molar-refractivity contribution is 0.219. The Bertz CT molecular complexity index is 86.7. The van der Waals surface area contributed by atoms with Gasteiger partial charge in [0, 0.05) is 0 Å². The maximum absolute atomic E-state index is 9.07. The van der Waals surface area contributed by atoms with E-state index in [1.807, 2.05) is 13.0 Å². The second kappa shape index (κ2) is 6.81.